The Kier molecular flexibility index (Phi) is 7.75. The maximum Gasteiger partial charge on any atom is 0.241 e. The van der Waals surface area contributed by atoms with Gasteiger partial charge in [-0.1, -0.05) is 30.7 Å². The Morgan fingerprint density at radius 2 is 1.83 bits per heavy atom. The zero-order chi connectivity index (χ0) is 21.6. The fourth-order valence-corrected chi connectivity index (χ4v) is 3.93. The molecule has 0 aliphatic carbocycles. The number of amides is 1. The van der Waals surface area contributed by atoms with Crippen LogP contribution in [0.15, 0.2) is 42.5 Å². The zero-order valence-electron chi connectivity index (χ0n) is 16.8. The van der Waals surface area contributed by atoms with E-state index in [0.29, 0.717) is 28.6 Å². The quantitative estimate of drug-likeness (QED) is 0.646. The minimum Gasteiger partial charge on any atom is -0.493 e. The van der Waals surface area contributed by atoms with Crippen LogP contribution in [-0.4, -0.2) is 41.3 Å². The molecule has 29 heavy (non-hydrogen) atoms. The molecule has 158 valence electrons. The molecule has 0 aliphatic heterocycles. The molecule has 1 amide bonds. The second kappa shape index (κ2) is 9.84. The van der Waals surface area contributed by atoms with E-state index < -0.39 is 15.9 Å². The molecule has 1 N–H and O–H groups in total. The van der Waals surface area contributed by atoms with Gasteiger partial charge in [0.2, 0.25) is 15.9 Å². The Morgan fingerprint density at radius 1 is 1.14 bits per heavy atom. The molecule has 2 aromatic rings. The molecule has 0 saturated heterocycles. The number of benzene rings is 2. The van der Waals surface area contributed by atoms with Crippen molar-refractivity contribution in [3.63, 3.8) is 0 Å². The number of nitrogens with one attached hydrogen (secondary N) is 1. The van der Waals surface area contributed by atoms with Gasteiger partial charge in [0, 0.05) is 5.02 Å². The predicted molar refractivity (Wildman–Crippen MR) is 114 cm³/mol. The molecule has 1 atom stereocenters. The van der Waals surface area contributed by atoms with Crippen LogP contribution < -0.4 is 19.1 Å². The molecule has 0 aliphatic rings. The third-order valence-corrected chi connectivity index (χ3v) is 5.71. The second-order valence-corrected chi connectivity index (χ2v) is 8.74. The van der Waals surface area contributed by atoms with Gasteiger partial charge in [0.1, 0.15) is 6.54 Å². The van der Waals surface area contributed by atoms with E-state index in [2.05, 4.69) is 5.32 Å². The van der Waals surface area contributed by atoms with Gasteiger partial charge in [0.05, 0.1) is 32.2 Å². The SMILES string of the molecule is CC[C@@H](NC(=O)CN(c1cccc(Cl)c1)S(C)(=O)=O)c1ccc(OC)c(OC)c1. The smallest absolute Gasteiger partial charge is 0.241 e. The van der Waals surface area contributed by atoms with Crippen molar-refractivity contribution in [2.45, 2.75) is 19.4 Å². The normalized spacial score (nSPS) is 12.2. The van der Waals surface area contributed by atoms with Crippen molar-refractivity contribution in [2.24, 2.45) is 0 Å². The molecule has 0 heterocycles. The first kappa shape index (κ1) is 22.8. The maximum absolute atomic E-state index is 12.7. The van der Waals surface area contributed by atoms with Gasteiger partial charge >= 0.3 is 0 Å². The van der Waals surface area contributed by atoms with Gasteiger partial charge in [-0.2, -0.15) is 0 Å². The van der Waals surface area contributed by atoms with Crippen LogP contribution in [-0.2, 0) is 14.8 Å². The van der Waals surface area contributed by atoms with E-state index in [4.69, 9.17) is 21.1 Å². The van der Waals surface area contributed by atoms with Crippen LogP contribution in [0.4, 0.5) is 5.69 Å². The van der Waals surface area contributed by atoms with Gasteiger partial charge in [-0.3, -0.25) is 9.10 Å². The van der Waals surface area contributed by atoms with Gasteiger partial charge in [-0.25, -0.2) is 8.42 Å². The van der Waals surface area contributed by atoms with E-state index >= 15 is 0 Å². The van der Waals surface area contributed by atoms with E-state index in [-0.39, 0.29) is 12.6 Å². The minimum atomic E-state index is -3.68. The van der Waals surface area contributed by atoms with Crippen molar-refractivity contribution >= 4 is 33.2 Å². The molecule has 0 spiro atoms. The monoisotopic (exact) mass is 440 g/mol. The summed E-state index contributed by atoms with van der Waals surface area (Å²) in [5.74, 6) is 0.702. The summed E-state index contributed by atoms with van der Waals surface area (Å²) in [7, 11) is -0.594. The minimum absolute atomic E-state index is 0.317. The molecule has 0 radical (unpaired) electrons. The number of rotatable bonds is 9. The summed E-state index contributed by atoms with van der Waals surface area (Å²) >= 11 is 5.97. The van der Waals surface area contributed by atoms with Gasteiger partial charge in [-0.15, -0.1) is 0 Å². The first-order chi connectivity index (χ1) is 13.7. The molecule has 0 fully saturated rings. The third kappa shape index (κ3) is 6.01. The third-order valence-electron chi connectivity index (χ3n) is 4.34. The number of anilines is 1. The fourth-order valence-electron chi connectivity index (χ4n) is 2.89. The number of carbonyl (C=O) groups is 1. The Hall–Kier alpha value is -2.45. The topological polar surface area (TPSA) is 84.9 Å². The summed E-state index contributed by atoms with van der Waals surface area (Å²) in [6.07, 6.45) is 1.66. The Labute approximate surface area is 176 Å². The average molecular weight is 441 g/mol. The molecule has 2 aromatic carbocycles. The predicted octanol–water partition coefficient (Wildman–Crippen LogP) is 3.39. The van der Waals surface area contributed by atoms with Crippen molar-refractivity contribution < 1.29 is 22.7 Å². The Bertz CT molecular complexity index is 965. The van der Waals surface area contributed by atoms with Crippen LogP contribution >= 0.6 is 11.6 Å². The summed E-state index contributed by atoms with van der Waals surface area (Å²) < 4.78 is 36.0. The maximum atomic E-state index is 12.7. The van der Waals surface area contributed by atoms with Crippen LogP contribution in [0.5, 0.6) is 11.5 Å². The zero-order valence-corrected chi connectivity index (χ0v) is 18.4. The largest absolute Gasteiger partial charge is 0.493 e. The van der Waals surface area contributed by atoms with E-state index in [9.17, 15) is 13.2 Å². The van der Waals surface area contributed by atoms with Gasteiger partial charge in [0.15, 0.2) is 11.5 Å². The van der Waals surface area contributed by atoms with Gasteiger partial charge < -0.3 is 14.8 Å². The van der Waals surface area contributed by atoms with Crippen LogP contribution in [0.1, 0.15) is 24.9 Å². The van der Waals surface area contributed by atoms with Gasteiger partial charge in [-0.05, 0) is 42.3 Å². The molecule has 2 rings (SSSR count). The number of hydrogen-bond donors (Lipinski definition) is 1. The average Bonchev–Trinajstić information content (AvgIpc) is 2.68. The van der Waals surface area contributed by atoms with E-state index in [0.717, 1.165) is 16.1 Å². The number of halogens is 1. The Balaban J connectivity index is 2.22. The number of nitrogens with zero attached hydrogens (tertiary/aromatic N) is 1. The van der Waals surface area contributed by atoms with Crippen LogP contribution in [0.2, 0.25) is 5.02 Å². The first-order valence-corrected chi connectivity index (χ1v) is 11.2. The van der Waals surface area contributed by atoms with E-state index in [1.807, 2.05) is 13.0 Å². The number of methoxy groups -OCH3 is 2. The molecule has 7 nitrogen and oxygen atoms in total. The lowest BCUT2D eigenvalue weighted by molar-refractivity contribution is -0.120. The molecular weight excluding hydrogens is 416 g/mol. The number of hydrogen-bond acceptors (Lipinski definition) is 5. The fraction of sp³-hybridized carbons (Fsp3) is 0.350. The first-order valence-electron chi connectivity index (χ1n) is 8.94. The summed E-state index contributed by atoms with van der Waals surface area (Å²) in [4.78, 5) is 12.7. The summed E-state index contributed by atoms with van der Waals surface area (Å²) in [5.41, 5.74) is 1.15. The van der Waals surface area contributed by atoms with Crippen molar-refractivity contribution in [1.82, 2.24) is 5.32 Å². The van der Waals surface area contributed by atoms with Crippen LogP contribution in [0, 0.1) is 0 Å². The van der Waals surface area contributed by atoms with Crippen LogP contribution in [0.25, 0.3) is 0 Å². The summed E-state index contributed by atoms with van der Waals surface area (Å²) in [6, 6.07) is 11.4. The van der Waals surface area contributed by atoms with Crippen molar-refractivity contribution in [3.8, 4) is 11.5 Å². The van der Waals surface area contributed by atoms with Gasteiger partial charge in [0.25, 0.3) is 0 Å². The highest BCUT2D eigenvalue weighted by atomic mass is 35.5. The molecule has 0 aromatic heterocycles. The second-order valence-electron chi connectivity index (χ2n) is 6.39. The van der Waals surface area contributed by atoms with E-state index in [1.54, 1.807) is 37.4 Å². The lowest BCUT2D eigenvalue weighted by atomic mass is 10.0. The Morgan fingerprint density at radius 3 is 2.38 bits per heavy atom. The highest BCUT2D eigenvalue weighted by molar-refractivity contribution is 7.92. The lowest BCUT2D eigenvalue weighted by Crippen LogP contribution is -2.41. The highest BCUT2D eigenvalue weighted by Gasteiger charge is 2.23. The van der Waals surface area contributed by atoms with Crippen molar-refractivity contribution in [3.05, 3.63) is 53.1 Å². The number of ether oxygens (including phenoxy) is 2. The summed E-state index contributed by atoms with van der Waals surface area (Å²) in [5, 5.41) is 3.27. The highest BCUT2D eigenvalue weighted by Crippen LogP contribution is 2.31. The molecule has 0 bridgehead atoms. The number of carbonyl (C=O) groups excluding carboxylic acids is 1. The molecule has 0 saturated carbocycles. The van der Waals surface area contributed by atoms with Crippen molar-refractivity contribution in [1.29, 1.82) is 0 Å². The van der Waals surface area contributed by atoms with Crippen LogP contribution in [0.3, 0.4) is 0 Å². The summed E-state index contributed by atoms with van der Waals surface area (Å²) in [6.45, 7) is 1.57. The molecule has 0 unspecified atom stereocenters. The lowest BCUT2D eigenvalue weighted by Gasteiger charge is -2.24. The molecular formula is C20H25ClN2O5S. The van der Waals surface area contributed by atoms with E-state index in [1.165, 1.54) is 13.2 Å². The molecule has 9 heteroatoms. The standard InChI is InChI=1S/C20H25ClN2O5S/c1-5-17(14-9-10-18(27-2)19(11-14)28-3)22-20(24)13-23(29(4,25)26)16-8-6-7-15(21)12-16/h6-12,17H,5,13H2,1-4H3,(H,22,24)/t17-/m1/s1. The number of sulfonamides is 1. The van der Waals surface area contributed by atoms with Crippen molar-refractivity contribution in [2.75, 3.05) is 31.3 Å².